The number of rotatable bonds is 1. The summed E-state index contributed by atoms with van der Waals surface area (Å²) >= 11 is 0. The number of halogens is 3. The van der Waals surface area contributed by atoms with Crippen LogP contribution in [-0.2, 0) is 6.18 Å². The maximum absolute atomic E-state index is 12.9. The molecule has 1 heterocycles. The van der Waals surface area contributed by atoms with Crippen molar-refractivity contribution in [3.05, 3.63) is 35.0 Å². The van der Waals surface area contributed by atoms with E-state index in [4.69, 9.17) is 5.84 Å². The van der Waals surface area contributed by atoms with Gasteiger partial charge in [0.15, 0.2) is 0 Å². The van der Waals surface area contributed by atoms with Gasteiger partial charge in [0.1, 0.15) is 5.69 Å². The second-order valence-electron chi connectivity index (χ2n) is 4.07. The molecule has 0 atom stereocenters. The molecule has 0 aliphatic rings. The number of alkyl halides is 3. The highest BCUT2D eigenvalue weighted by atomic mass is 19.4. The number of hydrazine groups is 1. The van der Waals surface area contributed by atoms with Gasteiger partial charge in [-0.3, -0.25) is 5.84 Å². The average molecular weight is 255 g/mol. The van der Waals surface area contributed by atoms with Gasteiger partial charge in [0.25, 0.3) is 0 Å². The molecule has 96 valence electrons. The molecule has 0 unspecified atom stereocenters. The van der Waals surface area contributed by atoms with Crippen LogP contribution in [-0.4, -0.2) is 4.98 Å². The molecule has 6 heteroatoms. The first-order chi connectivity index (χ1) is 8.36. The molecule has 1 aromatic heterocycles. The lowest BCUT2D eigenvalue weighted by Crippen LogP contribution is -2.16. The SMILES string of the molecule is Cc1c(C(F)(F)F)nc2c(C)cccc2c1NN. The maximum atomic E-state index is 12.9. The zero-order valence-electron chi connectivity index (χ0n) is 9.89. The van der Waals surface area contributed by atoms with Crippen LogP contribution in [0.2, 0.25) is 0 Å². The summed E-state index contributed by atoms with van der Waals surface area (Å²) in [5.41, 5.74) is 2.68. The number of anilines is 1. The molecule has 0 aliphatic carbocycles. The Kier molecular flexibility index (Phi) is 2.90. The minimum atomic E-state index is -4.49. The van der Waals surface area contributed by atoms with Gasteiger partial charge < -0.3 is 5.43 Å². The molecular formula is C12H12F3N3. The van der Waals surface area contributed by atoms with Crippen LogP contribution in [0.3, 0.4) is 0 Å². The number of aromatic nitrogens is 1. The first-order valence-corrected chi connectivity index (χ1v) is 5.30. The van der Waals surface area contributed by atoms with Crippen molar-refractivity contribution in [2.75, 3.05) is 5.43 Å². The Morgan fingerprint density at radius 2 is 1.89 bits per heavy atom. The number of benzene rings is 1. The van der Waals surface area contributed by atoms with Crippen LogP contribution in [0.1, 0.15) is 16.8 Å². The van der Waals surface area contributed by atoms with Crippen LogP contribution >= 0.6 is 0 Å². The summed E-state index contributed by atoms with van der Waals surface area (Å²) in [6.07, 6.45) is -4.49. The molecular weight excluding hydrogens is 243 g/mol. The van der Waals surface area contributed by atoms with E-state index in [1.165, 1.54) is 6.92 Å². The molecule has 0 bridgehead atoms. The molecule has 2 rings (SSSR count). The lowest BCUT2D eigenvalue weighted by Gasteiger charge is -2.16. The summed E-state index contributed by atoms with van der Waals surface area (Å²) in [6.45, 7) is 3.07. The Bertz CT molecular complexity index is 606. The van der Waals surface area contributed by atoms with Crippen LogP contribution in [0.5, 0.6) is 0 Å². The number of nitrogen functional groups attached to an aromatic ring is 1. The van der Waals surface area contributed by atoms with Crippen molar-refractivity contribution < 1.29 is 13.2 Å². The third-order valence-corrected chi connectivity index (χ3v) is 2.87. The topological polar surface area (TPSA) is 50.9 Å². The van der Waals surface area contributed by atoms with Crippen molar-refractivity contribution in [2.24, 2.45) is 5.84 Å². The fourth-order valence-electron chi connectivity index (χ4n) is 1.99. The van der Waals surface area contributed by atoms with E-state index in [2.05, 4.69) is 10.4 Å². The molecule has 0 fully saturated rings. The van der Waals surface area contributed by atoms with Gasteiger partial charge >= 0.3 is 6.18 Å². The summed E-state index contributed by atoms with van der Waals surface area (Å²) in [7, 11) is 0. The summed E-state index contributed by atoms with van der Waals surface area (Å²) < 4.78 is 38.7. The normalized spacial score (nSPS) is 11.9. The minimum Gasteiger partial charge on any atom is -0.323 e. The van der Waals surface area contributed by atoms with Crippen molar-refractivity contribution in [1.82, 2.24) is 4.98 Å². The lowest BCUT2D eigenvalue weighted by molar-refractivity contribution is -0.141. The first-order valence-electron chi connectivity index (χ1n) is 5.30. The van der Waals surface area contributed by atoms with E-state index in [-0.39, 0.29) is 11.3 Å². The lowest BCUT2D eigenvalue weighted by atomic mass is 10.0. The largest absolute Gasteiger partial charge is 0.433 e. The Labute approximate surface area is 102 Å². The molecule has 3 N–H and O–H groups in total. The quantitative estimate of drug-likeness (QED) is 0.608. The number of hydrogen-bond acceptors (Lipinski definition) is 3. The molecule has 3 nitrogen and oxygen atoms in total. The van der Waals surface area contributed by atoms with Crippen molar-refractivity contribution in [1.29, 1.82) is 0 Å². The van der Waals surface area contributed by atoms with E-state index in [0.717, 1.165) is 0 Å². The van der Waals surface area contributed by atoms with Crippen LogP contribution in [0.15, 0.2) is 18.2 Å². The predicted molar refractivity (Wildman–Crippen MR) is 64.0 cm³/mol. The third kappa shape index (κ3) is 1.88. The molecule has 18 heavy (non-hydrogen) atoms. The molecule has 0 saturated carbocycles. The fraction of sp³-hybridized carbons (Fsp3) is 0.250. The fourth-order valence-corrected chi connectivity index (χ4v) is 1.99. The zero-order valence-corrected chi connectivity index (χ0v) is 9.89. The summed E-state index contributed by atoms with van der Waals surface area (Å²) in [4.78, 5) is 3.73. The van der Waals surface area contributed by atoms with Crippen LogP contribution in [0.4, 0.5) is 18.9 Å². The van der Waals surface area contributed by atoms with Gasteiger partial charge in [0.2, 0.25) is 0 Å². The Morgan fingerprint density at radius 3 is 2.44 bits per heavy atom. The van der Waals surface area contributed by atoms with Crippen LogP contribution in [0, 0.1) is 13.8 Å². The van der Waals surface area contributed by atoms with Gasteiger partial charge in [0, 0.05) is 10.9 Å². The molecule has 0 radical (unpaired) electrons. The second-order valence-corrected chi connectivity index (χ2v) is 4.07. The predicted octanol–water partition coefficient (Wildman–Crippen LogP) is 3.16. The van der Waals surface area contributed by atoms with Crippen molar-refractivity contribution in [3.63, 3.8) is 0 Å². The Hall–Kier alpha value is -1.82. The highest BCUT2D eigenvalue weighted by molar-refractivity contribution is 5.94. The standard InChI is InChI=1S/C12H12F3N3/c1-6-4-3-5-8-9(6)17-11(12(13,14)15)7(2)10(8)18-16/h3-5H,16H2,1-2H3,(H,17,18). The van der Waals surface area contributed by atoms with Crippen LogP contribution in [0.25, 0.3) is 10.9 Å². The van der Waals surface area contributed by atoms with Gasteiger partial charge in [0.05, 0.1) is 11.2 Å². The third-order valence-electron chi connectivity index (χ3n) is 2.87. The monoisotopic (exact) mass is 255 g/mol. The van der Waals surface area contributed by atoms with E-state index >= 15 is 0 Å². The number of para-hydroxylation sites is 1. The smallest absolute Gasteiger partial charge is 0.323 e. The Morgan fingerprint density at radius 1 is 1.22 bits per heavy atom. The van der Waals surface area contributed by atoms with Crippen molar-refractivity contribution >= 4 is 16.6 Å². The van der Waals surface area contributed by atoms with Crippen LogP contribution < -0.4 is 11.3 Å². The highest BCUT2D eigenvalue weighted by Crippen LogP contribution is 2.37. The summed E-state index contributed by atoms with van der Waals surface area (Å²) in [5, 5.41) is 0.586. The number of fused-ring (bicyclic) bond motifs is 1. The summed E-state index contributed by atoms with van der Waals surface area (Å²) in [6, 6.07) is 5.16. The number of hydrogen-bond donors (Lipinski definition) is 2. The molecule has 1 aromatic carbocycles. The van der Waals surface area contributed by atoms with Gasteiger partial charge in [-0.1, -0.05) is 18.2 Å². The van der Waals surface area contributed by atoms with E-state index in [0.29, 0.717) is 16.5 Å². The van der Waals surface area contributed by atoms with Crippen molar-refractivity contribution in [2.45, 2.75) is 20.0 Å². The zero-order chi connectivity index (χ0) is 13.5. The Balaban J connectivity index is 2.92. The van der Waals surface area contributed by atoms with Gasteiger partial charge in [-0.05, 0) is 19.4 Å². The number of pyridine rings is 1. The number of nitrogens with zero attached hydrogens (tertiary/aromatic N) is 1. The van der Waals surface area contributed by atoms with Gasteiger partial charge in [-0.2, -0.15) is 13.2 Å². The molecule has 0 amide bonds. The molecule has 2 aromatic rings. The summed E-state index contributed by atoms with van der Waals surface area (Å²) in [5.74, 6) is 5.33. The number of nitrogens with one attached hydrogen (secondary N) is 1. The van der Waals surface area contributed by atoms with E-state index < -0.39 is 11.9 Å². The minimum absolute atomic E-state index is 0.00287. The molecule has 0 aliphatic heterocycles. The second kappa shape index (κ2) is 4.13. The average Bonchev–Trinajstić information content (AvgIpc) is 2.27. The highest BCUT2D eigenvalue weighted by Gasteiger charge is 2.36. The first kappa shape index (κ1) is 12.6. The van der Waals surface area contributed by atoms with E-state index in [1.54, 1.807) is 25.1 Å². The van der Waals surface area contributed by atoms with Gasteiger partial charge in [-0.25, -0.2) is 4.98 Å². The molecule has 0 saturated heterocycles. The maximum Gasteiger partial charge on any atom is 0.433 e. The van der Waals surface area contributed by atoms with E-state index in [9.17, 15) is 13.2 Å². The van der Waals surface area contributed by atoms with E-state index in [1.807, 2.05) is 0 Å². The number of aryl methyl sites for hydroxylation is 1. The van der Waals surface area contributed by atoms with Gasteiger partial charge in [-0.15, -0.1) is 0 Å². The molecule has 0 spiro atoms. The van der Waals surface area contributed by atoms with Crippen molar-refractivity contribution in [3.8, 4) is 0 Å². The number of nitrogens with two attached hydrogens (primary N) is 1.